The second-order valence-electron chi connectivity index (χ2n) is 7.04. The van der Waals surface area contributed by atoms with Gasteiger partial charge < -0.3 is 15.0 Å². The number of nitrogens with one attached hydrogen (secondary N) is 1. The lowest BCUT2D eigenvalue weighted by Crippen LogP contribution is -2.50. The molecular weight excluding hydrogens is 404 g/mol. The molecule has 1 saturated heterocycles. The number of amides is 2. The lowest BCUT2D eigenvalue weighted by Gasteiger charge is -2.34. The van der Waals surface area contributed by atoms with E-state index in [-0.39, 0.29) is 18.4 Å². The van der Waals surface area contributed by atoms with Crippen LogP contribution in [-0.4, -0.2) is 61.4 Å². The molecule has 0 aromatic heterocycles. The second-order valence-corrected chi connectivity index (χ2v) is 7.45. The Hall–Kier alpha value is -3.08. The van der Waals surface area contributed by atoms with E-state index < -0.39 is 0 Å². The third-order valence-electron chi connectivity index (χ3n) is 4.96. The van der Waals surface area contributed by atoms with Crippen LogP contribution in [0.2, 0.25) is 5.02 Å². The van der Waals surface area contributed by atoms with Crippen LogP contribution in [0.3, 0.4) is 0 Å². The van der Waals surface area contributed by atoms with Crippen molar-refractivity contribution in [2.75, 3.05) is 45.2 Å². The Morgan fingerprint density at radius 3 is 2.60 bits per heavy atom. The maximum atomic E-state index is 12.6. The van der Waals surface area contributed by atoms with E-state index in [4.69, 9.17) is 21.6 Å². The zero-order chi connectivity index (χ0) is 21.5. The Balaban J connectivity index is 1.45. The van der Waals surface area contributed by atoms with E-state index in [9.17, 15) is 9.59 Å². The molecule has 1 heterocycles. The van der Waals surface area contributed by atoms with Gasteiger partial charge in [0.15, 0.2) is 0 Å². The number of anilines is 1. The number of nitriles is 1. The van der Waals surface area contributed by atoms with E-state index in [1.165, 1.54) is 0 Å². The van der Waals surface area contributed by atoms with Gasteiger partial charge in [0.05, 0.1) is 30.7 Å². The summed E-state index contributed by atoms with van der Waals surface area (Å²) < 4.78 is 5.20. The van der Waals surface area contributed by atoms with Crippen LogP contribution in [0.1, 0.15) is 11.1 Å². The summed E-state index contributed by atoms with van der Waals surface area (Å²) in [7, 11) is 1.60. The molecule has 2 amide bonds. The molecule has 1 aliphatic heterocycles. The first-order valence-corrected chi connectivity index (χ1v) is 9.99. The molecule has 7 nitrogen and oxygen atoms in total. The van der Waals surface area contributed by atoms with Gasteiger partial charge in [-0.1, -0.05) is 23.7 Å². The van der Waals surface area contributed by atoms with E-state index in [1.807, 2.05) is 40.1 Å². The number of halogens is 1. The maximum absolute atomic E-state index is 12.6. The van der Waals surface area contributed by atoms with Crippen LogP contribution in [0.15, 0.2) is 42.5 Å². The zero-order valence-electron chi connectivity index (χ0n) is 16.7. The number of piperazine rings is 1. The first-order valence-electron chi connectivity index (χ1n) is 9.61. The van der Waals surface area contributed by atoms with Crippen molar-refractivity contribution in [2.45, 2.75) is 6.42 Å². The average molecular weight is 427 g/mol. The van der Waals surface area contributed by atoms with Gasteiger partial charge in [-0.3, -0.25) is 14.5 Å². The summed E-state index contributed by atoms with van der Waals surface area (Å²) in [6, 6.07) is 14.3. The molecule has 0 unspecified atom stereocenters. The summed E-state index contributed by atoms with van der Waals surface area (Å²) in [4.78, 5) is 28.7. The lowest BCUT2D eigenvalue weighted by atomic mass is 10.1. The Labute approximate surface area is 180 Å². The molecule has 0 atom stereocenters. The Kier molecular flexibility index (Phi) is 7.28. The summed E-state index contributed by atoms with van der Waals surface area (Å²) in [6.07, 6.45) is 0.330. The molecule has 2 aromatic rings. The minimum Gasteiger partial charge on any atom is -0.497 e. The number of hydrogen-bond donors (Lipinski definition) is 1. The largest absolute Gasteiger partial charge is 0.497 e. The van der Waals surface area contributed by atoms with Crippen LogP contribution in [0, 0.1) is 11.3 Å². The number of carbonyl (C=O) groups is 2. The maximum Gasteiger partial charge on any atom is 0.238 e. The van der Waals surface area contributed by atoms with E-state index in [0.29, 0.717) is 48.9 Å². The highest BCUT2D eigenvalue weighted by Crippen LogP contribution is 2.20. The number of benzene rings is 2. The van der Waals surface area contributed by atoms with Gasteiger partial charge >= 0.3 is 0 Å². The van der Waals surface area contributed by atoms with Crippen molar-refractivity contribution < 1.29 is 14.3 Å². The Bertz CT molecular complexity index is 965. The Morgan fingerprint density at radius 1 is 1.17 bits per heavy atom. The fourth-order valence-electron chi connectivity index (χ4n) is 3.31. The number of hydrogen-bond acceptors (Lipinski definition) is 5. The summed E-state index contributed by atoms with van der Waals surface area (Å²) in [6.45, 7) is 2.66. The number of rotatable bonds is 6. The SMILES string of the molecule is COc1cccc(CC(=O)N2CCN(CC(=O)Nc3ccc(C#N)c(Cl)c3)CC2)c1. The minimum atomic E-state index is -0.160. The monoisotopic (exact) mass is 426 g/mol. The second kappa shape index (κ2) is 10.1. The van der Waals surface area contributed by atoms with Crippen LogP contribution in [0.4, 0.5) is 5.69 Å². The summed E-state index contributed by atoms with van der Waals surface area (Å²) in [5.41, 5.74) is 1.84. The van der Waals surface area contributed by atoms with E-state index in [0.717, 1.165) is 11.3 Å². The van der Waals surface area contributed by atoms with Gasteiger partial charge in [-0.25, -0.2) is 0 Å². The molecule has 0 spiro atoms. The summed E-state index contributed by atoms with van der Waals surface area (Å²) in [5.74, 6) is 0.645. The molecule has 1 aliphatic rings. The number of ether oxygens (including phenoxy) is 1. The van der Waals surface area contributed by atoms with E-state index in [2.05, 4.69) is 5.32 Å². The van der Waals surface area contributed by atoms with Crippen LogP contribution in [0.5, 0.6) is 5.75 Å². The number of carbonyl (C=O) groups excluding carboxylic acids is 2. The van der Waals surface area contributed by atoms with Crippen molar-refractivity contribution in [1.29, 1.82) is 5.26 Å². The third kappa shape index (κ3) is 5.72. The molecule has 3 rings (SSSR count). The van der Waals surface area contributed by atoms with Crippen LogP contribution >= 0.6 is 11.6 Å². The highest BCUT2D eigenvalue weighted by Gasteiger charge is 2.22. The molecular formula is C22H23ClN4O3. The first kappa shape index (κ1) is 21.6. The van der Waals surface area contributed by atoms with Crippen molar-refractivity contribution in [3.63, 3.8) is 0 Å². The van der Waals surface area contributed by atoms with Crippen molar-refractivity contribution in [3.05, 3.63) is 58.6 Å². The standard InChI is InChI=1S/C22H23ClN4O3/c1-30-19-4-2-3-16(11-19)12-22(29)27-9-7-26(8-10-27)15-21(28)25-18-6-5-17(14-24)20(23)13-18/h2-6,11,13H,7-10,12,15H2,1H3,(H,25,28). The molecule has 0 aliphatic carbocycles. The van der Waals surface area contributed by atoms with Crippen LogP contribution < -0.4 is 10.1 Å². The van der Waals surface area contributed by atoms with Crippen molar-refractivity contribution >= 4 is 29.1 Å². The smallest absolute Gasteiger partial charge is 0.238 e. The van der Waals surface area contributed by atoms with Crippen molar-refractivity contribution in [1.82, 2.24) is 9.80 Å². The molecule has 8 heteroatoms. The lowest BCUT2D eigenvalue weighted by molar-refractivity contribution is -0.132. The molecule has 1 fully saturated rings. The quantitative estimate of drug-likeness (QED) is 0.767. The average Bonchev–Trinajstić information content (AvgIpc) is 2.74. The molecule has 0 bridgehead atoms. The first-order chi connectivity index (χ1) is 14.5. The van der Waals surface area contributed by atoms with Crippen LogP contribution in [-0.2, 0) is 16.0 Å². The minimum absolute atomic E-state index is 0.0691. The number of methoxy groups -OCH3 is 1. The predicted molar refractivity (Wildman–Crippen MR) is 115 cm³/mol. The fourth-order valence-corrected chi connectivity index (χ4v) is 3.53. The zero-order valence-corrected chi connectivity index (χ0v) is 17.5. The summed E-state index contributed by atoms with van der Waals surface area (Å²) >= 11 is 6.00. The molecule has 30 heavy (non-hydrogen) atoms. The normalized spacial score (nSPS) is 14.1. The van der Waals surface area contributed by atoms with E-state index >= 15 is 0 Å². The topological polar surface area (TPSA) is 85.7 Å². The van der Waals surface area contributed by atoms with Gasteiger partial charge in [0.2, 0.25) is 11.8 Å². The molecule has 1 N–H and O–H groups in total. The molecule has 0 radical (unpaired) electrons. The molecule has 0 saturated carbocycles. The highest BCUT2D eigenvalue weighted by molar-refractivity contribution is 6.32. The fraction of sp³-hybridized carbons (Fsp3) is 0.318. The summed E-state index contributed by atoms with van der Waals surface area (Å²) in [5, 5.41) is 12.0. The van der Waals surface area contributed by atoms with Crippen molar-refractivity contribution in [2.24, 2.45) is 0 Å². The highest BCUT2D eigenvalue weighted by atomic mass is 35.5. The van der Waals surface area contributed by atoms with Gasteiger partial charge in [-0.2, -0.15) is 5.26 Å². The predicted octanol–water partition coefficient (Wildman–Crippen LogP) is 2.55. The molecule has 156 valence electrons. The van der Waals surface area contributed by atoms with Crippen LogP contribution in [0.25, 0.3) is 0 Å². The van der Waals surface area contributed by atoms with Gasteiger partial charge in [0.25, 0.3) is 0 Å². The van der Waals surface area contributed by atoms with Gasteiger partial charge in [0.1, 0.15) is 11.8 Å². The van der Waals surface area contributed by atoms with E-state index in [1.54, 1.807) is 25.3 Å². The van der Waals surface area contributed by atoms with Gasteiger partial charge in [0, 0.05) is 31.9 Å². The van der Waals surface area contributed by atoms with Gasteiger partial charge in [-0.05, 0) is 35.9 Å². The third-order valence-corrected chi connectivity index (χ3v) is 5.27. The van der Waals surface area contributed by atoms with Gasteiger partial charge in [-0.15, -0.1) is 0 Å². The Morgan fingerprint density at radius 2 is 1.93 bits per heavy atom. The number of nitrogens with zero attached hydrogens (tertiary/aromatic N) is 3. The molecule has 2 aromatic carbocycles. The van der Waals surface area contributed by atoms with Crippen molar-refractivity contribution in [3.8, 4) is 11.8 Å².